The third-order valence-corrected chi connectivity index (χ3v) is 4.70. The number of rotatable bonds is 3. The molecule has 23 heavy (non-hydrogen) atoms. The van der Waals surface area contributed by atoms with E-state index in [-0.39, 0.29) is 23.9 Å². The Morgan fingerprint density at radius 1 is 1.35 bits per heavy atom. The van der Waals surface area contributed by atoms with Crippen LogP contribution in [0.3, 0.4) is 0 Å². The van der Waals surface area contributed by atoms with Gasteiger partial charge in [0.2, 0.25) is 5.91 Å². The lowest BCUT2D eigenvalue weighted by Gasteiger charge is -2.38. The summed E-state index contributed by atoms with van der Waals surface area (Å²) >= 11 is 0. The molecule has 4 nitrogen and oxygen atoms in total. The van der Waals surface area contributed by atoms with Crippen LogP contribution >= 0.6 is 0 Å². The first-order valence-corrected chi connectivity index (χ1v) is 7.61. The Labute approximate surface area is 131 Å². The maximum absolute atomic E-state index is 14.0. The van der Waals surface area contributed by atoms with E-state index in [1.54, 1.807) is 0 Å². The molecule has 0 unspecified atom stereocenters. The normalized spacial score (nSPS) is 26.8. The van der Waals surface area contributed by atoms with Crippen molar-refractivity contribution in [3.63, 3.8) is 0 Å². The summed E-state index contributed by atoms with van der Waals surface area (Å²) in [6, 6.07) is 2.62. The average molecular weight is 326 g/mol. The minimum Gasteiger partial charge on any atom is -0.351 e. The van der Waals surface area contributed by atoms with Gasteiger partial charge in [-0.2, -0.15) is 0 Å². The molecule has 1 aliphatic carbocycles. The van der Waals surface area contributed by atoms with Crippen LogP contribution in [0.25, 0.3) is 0 Å². The molecule has 2 amide bonds. The maximum atomic E-state index is 14.0. The molecule has 1 saturated heterocycles. The maximum Gasteiger partial charge on any atom is 0.263 e. The highest BCUT2D eigenvalue weighted by molar-refractivity contribution is 5.96. The highest BCUT2D eigenvalue weighted by atomic mass is 19.3. The van der Waals surface area contributed by atoms with Crippen molar-refractivity contribution < 1.29 is 22.8 Å². The molecule has 2 N–H and O–H groups in total. The van der Waals surface area contributed by atoms with Gasteiger partial charge in [-0.15, -0.1) is 0 Å². The number of alkyl halides is 2. The van der Waals surface area contributed by atoms with E-state index in [0.717, 1.165) is 31.4 Å². The fourth-order valence-electron chi connectivity index (χ4n) is 3.53. The van der Waals surface area contributed by atoms with Crippen molar-refractivity contribution in [1.82, 2.24) is 10.6 Å². The number of fused-ring (bicyclic) bond motifs is 1. The van der Waals surface area contributed by atoms with Crippen LogP contribution in [0.15, 0.2) is 18.2 Å². The Kier molecular flexibility index (Phi) is 4.04. The molecule has 0 bridgehead atoms. The number of hydrogen-bond donors (Lipinski definition) is 2. The zero-order valence-corrected chi connectivity index (χ0v) is 12.4. The zero-order valence-electron chi connectivity index (χ0n) is 12.4. The number of halogens is 3. The zero-order chi connectivity index (χ0) is 16.6. The van der Waals surface area contributed by atoms with Crippen molar-refractivity contribution in [2.45, 2.75) is 50.1 Å². The number of hydrogen-bond acceptors (Lipinski definition) is 2. The van der Waals surface area contributed by atoms with Crippen LogP contribution in [-0.2, 0) is 4.79 Å². The van der Waals surface area contributed by atoms with Crippen LogP contribution in [0.2, 0.25) is 0 Å². The Hall–Kier alpha value is -2.05. The molecule has 0 aromatic heterocycles. The van der Waals surface area contributed by atoms with Crippen LogP contribution in [0, 0.1) is 5.82 Å². The van der Waals surface area contributed by atoms with E-state index in [9.17, 15) is 22.8 Å². The molecule has 2 aliphatic rings. The highest BCUT2D eigenvalue weighted by Crippen LogP contribution is 2.36. The van der Waals surface area contributed by atoms with E-state index < -0.39 is 29.3 Å². The molecule has 1 heterocycles. The molecule has 1 aromatic carbocycles. The molecule has 1 aromatic rings. The van der Waals surface area contributed by atoms with Gasteiger partial charge in [-0.1, -0.05) is 18.9 Å². The van der Waals surface area contributed by atoms with Crippen LogP contribution in [0.1, 0.15) is 54.5 Å². The molecule has 124 valence electrons. The summed E-state index contributed by atoms with van der Waals surface area (Å²) in [6.07, 6.45) is 0.607. The average Bonchev–Trinajstić information content (AvgIpc) is 2.82. The minimum absolute atomic E-state index is 0.134. The largest absolute Gasteiger partial charge is 0.351 e. The van der Waals surface area contributed by atoms with Gasteiger partial charge in [0.1, 0.15) is 5.82 Å². The van der Waals surface area contributed by atoms with Crippen LogP contribution < -0.4 is 10.6 Å². The van der Waals surface area contributed by atoms with E-state index in [1.165, 1.54) is 0 Å². The molecule has 2 fully saturated rings. The first kappa shape index (κ1) is 15.8. The number of carbonyl (C=O) groups excluding carboxylic acids is 2. The Morgan fingerprint density at radius 2 is 2.13 bits per heavy atom. The SMILES string of the molecule is O=C1C[C@]2(NC(=O)c3ccc(C(F)F)cc3F)CCCC[C@@H]2N1. The van der Waals surface area contributed by atoms with Crippen molar-refractivity contribution in [2.75, 3.05) is 0 Å². The predicted molar refractivity (Wildman–Crippen MR) is 76.6 cm³/mol. The lowest BCUT2D eigenvalue weighted by molar-refractivity contribution is -0.119. The van der Waals surface area contributed by atoms with Gasteiger partial charge >= 0.3 is 0 Å². The Balaban J connectivity index is 1.82. The lowest BCUT2D eigenvalue weighted by Crippen LogP contribution is -2.57. The second-order valence-electron chi connectivity index (χ2n) is 6.19. The third kappa shape index (κ3) is 2.92. The van der Waals surface area contributed by atoms with Crippen LogP contribution in [-0.4, -0.2) is 23.4 Å². The van der Waals surface area contributed by atoms with Crippen molar-refractivity contribution >= 4 is 11.8 Å². The van der Waals surface area contributed by atoms with Gasteiger partial charge in [0.25, 0.3) is 12.3 Å². The van der Waals surface area contributed by atoms with Gasteiger partial charge in [-0.25, -0.2) is 13.2 Å². The predicted octanol–water partition coefficient (Wildman–Crippen LogP) is 2.69. The number of benzene rings is 1. The molecule has 2 atom stereocenters. The number of carbonyl (C=O) groups is 2. The van der Waals surface area contributed by atoms with Crippen molar-refractivity contribution in [3.8, 4) is 0 Å². The number of nitrogens with one attached hydrogen (secondary N) is 2. The first-order valence-electron chi connectivity index (χ1n) is 7.61. The molecule has 7 heteroatoms. The van der Waals surface area contributed by atoms with E-state index in [1.807, 2.05) is 0 Å². The molecule has 3 rings (SSSR count). The fourth-order valence-corrected chi connectivity index (χ4v) is 3.53. The van der Waals surface area contributed by atoms with Crippen molar-refractivity contribution in [1.29, 1.82) is 0 Å². The van der Waals surface area contributed by atoms with Gasteiger partial charge in [0, 0.05) is 5.56 Å². The Bertz CT molecular complexity index is 650. The standard InChI is InChI=1S/C16H17F3N2O2/c17-11-7-9(14(18)19)4-5-10(11)15(23)21-16-6-2-1-3-12(16)20-13(22)8-16/h4-5,7,12,14H,1-3,6,8H2,(H,20,22)(H,21,23)/t12-,16+/m0/s1. The summed E-state index contributed by atoms with van der Waals surface area (Å²) < 4.78 is 39.1. The molecule has 0 radical (unpaired) electrons. The molecular formula is C16H17F3N2O2. The summed E-state index contributed by atoms with van der Waals surface area (Å²) in [5.74, 6) is -1.79. The second-order valence-corrected chi connectivity index (χ2v) is 6.19. The van der Waals surface area contributed by atoms with Gasteiger partial charge in [-0.05, 0) is 25.0 Å². The summed E-state index contributed by atoms with van der Waals surface area (Å²) in [5, 5.41) is 5.63. The van der Waals surface area contributed by atoms with Gasteiger partial charge in [0.05, 0.1) is 23.6 Å². The molecular weight excluding hydrogens is 309 g/mol. The van der Waals surface area contributed by atoms with Crippen LogP contribution in [0.5, 0.6) is 0 Å². The van der Waals surface area contributed by atoms with E-state index in [0.29, 0.717) is 12.5 Å². The lowest BCUT2D eigenvalue weighted by atomic mass is 9.77. The van der Waals surface area contributed by atoms with E-state index in [2.05, 4.69) is 10.6 Å². The van der Waals surface area contributed by atoms with Gasteiger partial charge in [-0.3, -0.25) is 9.59 Å². The first-order chi connectivity index (χ1) is 10.9. The van der Waals surface area contributed by atoms with Gasteiger partial charge in [0.15, 0.2) is 0 Å². The molecule has 1 saturated carbocycles. The number of amides is 2. The van der Waals surface area contributed by atoms with E-state index >= 15 is 0 Å². The monoisotopic (exact) mass is 326 g/mol. The van der Waals surface area contributed by atoms with Crippen LogP contribution in [0.4, 0.5) is 13.2 Å². The summed E-state index contributed by atoms with van der Waals surface area (Å²) in [4.78, 5) is 24.1. The fraction of sp³-hybridized carbons (Fsp3) is 0.500. The second kappa shape index (κ2) is 5.86. The highest BCUT2D eigenvalue weighted by Gasteiger charge is 2.49. The minimum atomic E-state index is -2.79. The van der Waals surface area contributed by atoms with Crippen molar-refractivity contribution in [2.24, 2.45) is 0 Å². The van der Waals surface area contributed by atoms with Gasteiger partial charge < -0.3 is 10.6 Å². The smallest absolute Gasteiger partial charge is 0.263 e. The summed E-state index contributed by atoms with van der Waals surface area (Å²) in [7, 11) is 0. The topological polar surface area (TPSA) is 58.2 Å². The van der Waals surface area contributed by atoms with E-state index in [4.69, 9.17) is 0 Å². The molecule has 0 spiro atoms. The third-order valence-electron chi connectivity index (χ3n) is 4.70. The quantitative estimate of drug-likeness (QED) is 0.897. The molecule has 1 aliphatic heterocycles. The summed E-state index contributed by atoms with van der Waals surface area (Å²) in [6.45, 7) is 0. The van der Waals surface area contributed by atoms with Crippen molar-refractivity contribution in [3.05, 3.63) is 35.1 Å². The summed E-state index contributed by atoms with van der Waals surface area (Å²) in [5.41, 5.74) is -1.46. The Morgan fingerprint density at radius 3 is 2.83 bits per heavy atom.